The van der Waals surface area contributed by atoms with E-state index in [1.54, 1.807) is 18.0 Å². The van der Waals surface area contributed by atoms with Gasteiger partial charge in [0, 0.05) is 12.7 Å². The molecule has 154 valence electrons. The maximum Gasteiger partial charge on any atom is 0.573 e. The molecule has 2 aromatic carbocycles. The topological polar surface area (TPSA) is 50.8 Å². The van der Waals surface area contributed by atoms with Crippen molar-refractivity contribution < 1.29 is 17.9 Å². The Bertz CT molecular complexity index is 844. The third kappa shape index (κ3) is 6.31. The number of benzene rings is 2. The first-order valence-corrected chi connectivity index (χ1v) is 9.18. The molecule has 0 aliphatic carbocycles. The Hall–Kier alpha value is -1.93. The zero-order valence-electron chi connectivity index (χ0n) is 15.7. The average Bonchev–Trinajstić information content (AvgIpc) is 2.62. The Morgan fingerprint density at radius 2 is 1.79 bits per heavy atom. The first-order chi connectivity index (χ1) is 12.6. The van der Waals surface area contributed by atoms with E-state index in [2.05, 4.69) is 25.7 Å². The second-order valence-corrected chi connectivity index (χ2v) is 6.67. The molecule has 0 saturated heterocycles. The summed E-state index contributed by atoms with van der Waals surface area (Å²) in [5.41, 5.74) is 9.00. The third-order valence-electron chi connectivity index (χ3n) is 4.00. The van der Waals surface area contributed by atoms with Crippen LogP contribution in [0.3, 0.4) is 0 Å². The Morgan fingerprint density at radius 3 is 2.36 bits per heavy atom. The van der Waals surface area contributed by atoms with E-state index in [9.17, 15) is 13.2 Å². The average molecular weight is 481 g/mol. The number of rotatable bonds is 5. The van der Waals surface area contributed by atoms with Gasteiger partial charge in [-0.2, -0.15) is 0 Å². The Labute approximate surface area is 177 Å². The predicted molar refractivity (Wildman–Crippen MR) is 113 cm³/mol. The molecule has 2 rings (SSSR count). The highest BCUT2D eigenvalue weighted by Crippen LogP contribution is 2.39. The van der Waals surface area contributed by atoms with Crippen LogP contribution in [-0.2, 0) is 12.8 Å². The number of guanidine groups is 1. The normalized spacial score (nSPS) is 11.8. The fourth-order valence-corrected chi connectivity index (χ4v) is 2.84. The van der Waals surface area contributed by atoms with Crippen molar-refractivity contribution in [1.82, 2.24) is 0 Å². The molecular weight excluding hydrogens is 459 g/mol. The molecule has 28 heavy (non-hydrogen) atoms. The molecule has 0 aromatic heterocycles. The van der Waals surface area contributed by atoms with E-state index in [1.165, 1.54) is 6.07 Å². The van der Waals surface area contributed by atoms with E-state index in [-0.39, 0.29) is 34.3 Å². The van der Waals surface area contributed by atoms with E-state index < -0.39 is 6.36 Å². The van der Waals surface area contributed by atoms with Crippen LogP contribution in [0.1, 0.15) is 25.0 Å². The van der Waals surface area contributed by atoms with Gasteiger partial charge in [-0.05, 0) is 64.2 Å². The van der Waals surface area contributed by atoms with Crippen molar-refractivity contribution in [3.63, 3.8) is 0 Å². The van der Waals surface area contributed by atoms with E-state index in [1.807, 2.05) is 38.1 Å². The standard InChI is InChI=1S/C19H21BrF3N3O.ClH/c1-4-12-7-6-8-14(9-12)26(3)18(24)25-15-10-13(5-2)11-16(17(15)20)27-19(21,22)23;/h6-11H,4-5H2,1-3H3,(H2,24,25);1H. The van der Waals surface area contributed by atoms with Gasteiger partial charge in [0.2, 0.25) is 5.96 Å². The van der Waals surface area contributed by atoms with Gasteiger partial charge in [0.1, 0.15) is 5.75 Å². The van der Waals surface area contributed by atoms with Gasteiger partial charge in [-0.3, -0.25) is 0 Å². The SMILES string of the molecule is CCc1cccc(N(C)C(N)=Nc2cc(CC)cc(OC(F)(F)F)c2Br)c1.Cl. The summed E-state index contributed by atoms with van der Waals surface area (Å²) in [5.74, 6) is -0.195. The number of alkyl halides is 3. The van der Waals surface area contributed by atoms with Crippen LogP contribution in [0.25, 0.3) is 0 Å². The number of ether oxygens (including phenoxy) is 1. The molecular formula is C19H22BrClF3N3O. The second kappa shape index (κ2) is 10.0. The molecule has 2 aromatic rings. The molecule has 0 atom stereocenters. The molecule has 0 fully saturated rings. The van der Waals surface area contributed by atoms with Crippen LogP contribution >= 0.6 is 28.3 Å². The van der Waals surface area contributed by atoms with Gasteiger partial charge in [-0.1, -0.05) is 26.0 Å². The summed E-state index contributed by atoms with van der Waals surface area (Å²) in [6.07, 6.45) is -3.39. The van der Waals surface area contributed by atoms with Crippen molar-refractivity contribution >= 4 is 45.7 Å². The summed E-state index contributed by atoms with van der Waals surface area (Å²) in [6.45, 7) is 3.88. The fraction of sp³-hybridized carbons (Fsp3) is 0.316. The van der Waals surface area contributed by atoms with Crippen LogP contribution in [0.5, 0.6) is 5.75 Å². The minimum absolute atomic E-state index is 0. The lowest BCUT2D eigenvalue weighted by Gasteiger charge is -2.19. The van der Waals surface area contributed by atoms with Crippen molar-refractivity contribution in [2.24, 2.45) is 10.7 Å². The minimum Gasteiger partial charge on any atom is -0.404 e. The predicted octanol–water partition coefficient (Wildman–Crippen LogP) is 5.98. The highest BCUT2D eigenvalue weighted by Gasteiger charge is 2.32. The van der Waals surface area contributed by atoms with Gasteiger partial charge in [-0.25, -0.2) is 4.99 Å². The van der Waals surface area contributed by atoms with Crippen LogP contribution in [-0.4, -0.2) is 19.4 Å². The van der Waals surface area contributed by atoms with Gasteiger partial charge < -0.3 is 15.4 Å². The first-order valence-electron chi connectivity index (χ1n) is 8.39. The van der Waals surface area contributed by atoms with Gasteiger partial charge in [-0.15, -0.1) is 25.6 Å². The van der Waals surface area contributed by atoms with Crippen LogP contribution in [0.4, 0.5) is 24.5 Å². The maximum atomic E-state index is 12.7. The number of aliphatic imine (C=N–C) groups is 1. The number of nitrogens with zero attached hydrogens (tertiary/aromatic N) is 2. The largest absolute Gasteiger partial charge is 0.573 e. The summed E-state index contributed by atoms with van der Waals surface area (Å²) in [5, 5.41) is 0. The van der Waals surface area contributed by atoms with Crippen molar-refractivity contribution in [1.29, 1.82) is 0 Å². The van der Waals surface area contributed by atoms with Crippen LogP contribution in [0.15, 0.2) is 45.9 Å². The number of hydrogen-bond acceptors (Lipinski definition) is 2. The van der Waals surface area contributed by atoms with Crippen molar-refractivity contribution in [2.45, 2.75) is 33.1 Å². The van der Waals surface area contributed by atoms with Gasteiger partial charge >= 0.3 is 6.36 Å². The molecule has 2 N–H and O–H groups in total. The van der Waals surface area contributed by atoms with Crippen LogP contribution in [0.2, 0.25) is 0 Å². The third-order valence-corrected chi connectivity index (χ3v) is 4.80. The summed E-state index contributed by atoms with van der Waals surface area (Å²) in [7, 11) is 1.75. The molecule has 0 saturated carbocycles. The minimum atomic E-state index is -4.79. The monoisotopic (exact) mass is 479 g/mol. The Balaban J connectivity index is 0.00000392. The zero-order chi connectivity index (χ0) is 20.2. The van der Waals surface area contributed by atoms with Crippen LogP contribution < -0.4 is 15.4 Å². The molecule has 4 nitrogen and oxygen atoms in total. The number of aryl methyl sites for hydroxylation is 2. The smallest absolute Gasteiger partial charge is 0.404 e. The molecule has 0 spiro atoms. The molecule has 0 heterocycles. The summed E-state index contributed by atoms with van der Waals surface area (Å²) < 4.78 is 42.2. The van der Waals surface area contributed by atoms with Crippen molar-refractivity contribution in [3.05, 3.63) is 52.0 Å². The number of nitrogens with two attached hydrogens (primary N) is 1. The number of halogens is 5. The lowest BCUT2D eigenvalue weighted by molar-refractivity contribution is -0.274. The Kier molecular flexibility index (Phi) is 8.63. The number of anilines is 1. The maximum absolute atomic E-state index is 12.7. The fourth-order valence-electron chi connectivity index (χ4n) is 2.44. The van der Waals surface area contributed by atoms with Gasteiger partial charge in [0.15, 0.2) is 0 Å². The van der Waals surface area contributed by atoms with Gasteiger partial charge in [0.25, 0.3) is 0 Å². The molecule has 0 bridgehead atoms. The quantitative estimate of drug-likeness (QED) is 0.423. The summed E-state index contributed by atoms with van der Waals surface area (Å²) in [6, 6.07) is 10.8. The summed E-state index contributed by atoms with van der Waals surface area (Å²) >= 11 is 3.15. The van der Waals surface area contributed by atoms with Gasteiger partial charge in [0.05, 0.1) is 10.2 Å². The first kappa shape index (κ1) is 24.1. The highest BCUT2D eigenvalue weighted by molar-refractivity contribution is 9.10. The lowest BCUT2D eigenvalue weighted by Crippen LogP contribution is -2.33. The highest BCUT2D eigenvalue weighted by atomic mass is 79.9. The van der Waals surface area contributed by atoms with Crippen molar-refractivity contribution in [2.75, 3.05) is 11.9 Å². The number of hydrogen-bond donors (Lipinski definition) is 1. The van der Waals surface area contributed by atoms with E-state index >= 15 is 0 Å². The van der Waals surface area contributed by atoms with E-state index in [0.717, 1.165) is 17.7 Å². The van der Waals surface area contributed by atoms with Crippen molar-refractivity contribution in [3.8, 4) is 5.75 Å². The van der Waals surface area contributed by atoms with E-state index in [0.29, 0.717) is 12.0 Å². The Morgan fingerprint density at radius 1 is 1.14 bits per heavy atom. The molecule has 0 aliphatic heterocycles. The van der Waals surface area contributed by atoms with Crippen LogP contribution in [0, 0.1) is 0 Å². The molecule has 0 radical (unpaired) electrons. The molecule has 9 heteroatoms. The zero-order valence-corrected chi connectivity index (χ0v) is 18.1. The second-order valence-electron chi connectivity index (χ2n) is 5.88. The molecule has 0 amide bonds. The molecule has 0 unspecified atom stereocenters. The lowest BCUT2D eigenvalue weighted by atomic mass is 10.1. The van der Waals surface area contributed by atoms with E-state index in [4.69, 9.17) is 5.73 Å². The molecule has 0 aliphatic rings. The summed E-state index contributed by atoms with van der Waals surface area (Å²) in [4.78, 5) is 5.99.